The number of nitrogens with one attached hydrogen (secondary N) is 1. The predicted octanol–water partition coefficient (Wildman–Crippen LogP) is 5.78. The summed E-state index contributed by atoms with van der Waals surface area (Å²) in [5.41, 5.74) is 8.85. The van der Waals surface area contributed by atoms with Crippen LogP contribution in [-0.4, -0.2) is 10.7 Å². The Morgan fingerprint density at radius 2 is 1.95 bits per heavy atom. The van der Waals surface area contributed by atoms with Gasteiger partial charge in [-0.25, -0.2) is 4.98 Å². The van der Waals surface area contributed by atoms with E-state index >= 15 is 0 Å². The fraction of sp³-hybridized carbons (Fsp3) is 0.333. The molecule has 22 heavy (non-hydrogen) atoms. The van der Waals surface area contributed by atoms with Crippen LogP contribution in [0.1, 0.15) is 46.6 Å². The van der Waals surface area contributed by atoms with Crippen LogP contribution < -0.4 is 5.73 Å². The van der Waals surface area contributed by atoms with E-state index in [1.165, 1.54) is 17.8 Å². The Balaban J connectivity index is 0.000000789. The summed E-state index contributed by atoms with van der Waals surface area (Å²) in [6.45, 7) is 10.2. The summed E-state index contributed by atoms with van der Waals surface area (Å²) in [5.74, 6) is 0. The molecule has 0 fully saturated rings. The minimum Gasteiger partial charge on any atom is -0.375 e. The number of hydrogen-bond donors (Lipinski definition) is 2. The lowest BCUT2D eigenvalue weighted by Gasteiger charge is -2.01. The number of anilines is 1. The topological polar surface area (TPSA) is 62.8 Å². The molecule has 0 aliphatic carbocycles. The van der Waals surface area contributed by atoms with Crippen molar-refractivity contribution in [2.45, 2.75) is 41.0 Å². The van der Waals surface area contributed by atoms with Crippen LogP contribution in [0.5, 0.6) is 0 Å². The molecule has 0 bridgehead atoms. The number of benzene rings is 1. The second kappa shape index (κ2) is 11.7. The quantitative estimate of drug-likeness (QED) is 0.705. The molecule has 0 aliphatic rings. The van der Waals surface area contributed by atoms with Gasteiger partial charge >= 0.3 is 0 Å². The largest absolute Gasteiger partial charge is 0.375 e. The third kappa shape index (κ3) is 6.68. The maximum Gasteiger partial charge on any atom is 0.180 e. The first-order chi connectivity index (χ1) is 10.6. The zero-order valence-corrected chi connectivity index (χ0v) is 15.0. The molecule has 2 aromatic rings. The molecule has 120 valence electrons. The summed E-state index contributed by atoms with van der Waals surface area (Å²) in [4.78, 5) is 4.24. The van der Waals surface area contributed by atoms with Crippen molar-refractivity contribution in [3.8, 4) is 11.3 Å². The van der Waals surface area contributed by atoms with E-state index in [4.69, 9.17) is 11.1 Å². The molecule has 0 atom stereocenters. The van der Waals surface area contributed by atoms with Crippen molar-refractivity contribution in [3.05, 3.63) is 47.4 Å². The van der Waals surface area contributed by atoms with Gasteiger partial charge in [-0.2, -0.15) is 0 Å². The summed E-state index contributed by atoms with van der Waals surface area (Å²) < 4.78 is 0. The Morgan fingerprint density at radius 3 is 2.45 bits per heavy atom. The molecule has 2 rings (SSSR count). The smallest absolute Gasteiger partial charge is 0.180 e. The van der Waals surface area contributed by atoms with Crippen LogP contribution >= 0.6 is 11.3 Å². The van der Waals surface area contributed by atoms with Crippen molar-refractivity contribution in [2.24, 2.45) is 0 Å². The summed E-state index contributed by atoms with van der Waals surface area (Å²) in [5, 5.41) is 10.4. The van der Waals surface area contributed by atoms with Crippen LogP contribution in [0.3, 0.4) is 0 Å². The number of rotatable bonds is 3. The number of nitrogen functional groups attached to an aromatic ring is 1. The van der Waals surface area contributed by atoms with Crippen LogP contribution in [0, 0.1) is 5.41 Å². The second-order valence-electron chi connectivity index (χ2n) is 4.27. The summed E-state index contributed by atoms with van der Waals surface area (Å²) >= 11 is 1.42. The molecule has 1 heterocycles. The van der Waals surface area contributed by atoms with Crippen LogP contribution in [0.25, 0.3) is 11.3 Å². The molecule has 3 nitrogen and oxygen atoms in total. The van der Waals surface area contributed by atoms with E-state index in [1.807, 2.05) is 56.5 Å². The fourth-order valence-electron chi connectivity index (χ4n) is 1.53. The van der Waals surface area contributed by atoms with Gasteiger partial charge in [0.05, 0.1) is 11.4 Å². The van der Waals surface area contributed by atoms with Gasteiger partial charge in [-0.1, -0.05) is 58.4 Å². The summed E-state index contributed by atoms with van der Waals surface area (Å²) in [7, 11) is 0. The van der Waals surface area contributed by atoms with Crippen LogP contribution in [0.15, 0.2) is 41.8 Å². The van der Waals surface area contributed by atoms with E-state index < -0.39 is 0 Å². The number of hydrogen-bond acceptors (Lipinski definition) is 4. The molecular weight excluding hydrogens is 290 g/mol. The van der Waals surface area contributed by atoms with Crippen LogP contribution in [0.2, 0.25) is 0 Å². The molecule has 0 amide bonds. The minimum atomic E-state index is 0.498. The molecule has 0 saturated heterocycles. The third-order valence-corrected chi connectivity index (χ3v) is 3.00. The predicted molar refractivity (Wildman–Crippen MR) is 101 cm³/mol. The molecule has 0 saturated carbocycles. The van der Waals surface area contributed by atoms with Crippen molar-refractivity contribution in [3.63, 3.8) is 0 Å². The molecule has 0 spiro atoms. The second-order valence-corrected chi connectivity index (χ2v) is 5.16. The average Bonchev–Trinajstić information content (AvgIpc) is 2.97. The number of allylic oxidation sites excluding steroid dienone is 2. The average molecular weight is 318 g/mol. The third-order valence-electron chi connectivity index (χ3n) is 2.32. The van der Waals surface area contributed by atoms with Crippen LogP contribution in [0.4, 0.5) is 5.13 Å². The van der Waals surface area contributed by atoms with Gasteiger partial charge in [0.25, 0.3) is 0 Å². The Hall–Kier alpha value is -1.94. The molecule has 0 radical (unpaired) electrons. The highest BCUT2D eigenvalue weighted by molar-refractivity contribution is 7.13. The molecule has 0 unspecified atom stereocenters. The number of thiazole rings is 1. The standard InChI is InChI=1S/C13H13N3S.C3H8.C2H6/c1-2-4-11(14)9-5-3-6-10(7-9)12-8-17-13(15)16-12;1-3-2;1-2/h2-8,14H,1H3,(H2,15,16);3H2,1-2H3;1-2H3/b4-2-,14-11?;;. The van der Waals surface area contributed by atoms with Gasteiger partial charge in [0.15, 0.2) is 5.13 Å². The Bertz CT molecular complexity index is 586. The number of nitrogens with two attached hydrogens (primary N) is 1. The van der Waals surface area contributed by atoms with Gasteiger partial charge in [-0.15, -0.1) is 11.3 Å². The highest BCUT2D eigenvalue weighted by atomic mass is 32.1. The highest BCUT2D eigenvalue weighted by Gasteiger charge is 2.04. The highest BCUT2D eigenvalue weighted by Crippen LogP contribution is 2.23. The monoisotopic (exact) mass is 317 g/mol. The van der Waals surface area contributed by atoms with Crippen molar-refractivity contribution < 1.29 is 0 Å². The van der Waals surface area contributed by atoms with Gasteiger partial charge < -0.3 is 11.1 Å². The lowest BCUT2D eigenvalue weighted by molar-refractivity contribution is 1.09. The minimum absolute atomic E-state index is 0.498. The van der Waals surface area contributed by atoms with Gasteiger partial charge in [-0.05, 0) is 19.1 Å². The van der Waals surface area contributed by atoms with E-state index in [2.05, 4.69) is 18.8 Å². The Morgan fingerprint density at radius 1 is 1.32 bits per heavy atom. The van der Waals surface area contributed by atoms with Crippen molar-refractivity contribution in [2.75, 3.05) is 5.73 Å². The Labute approximate surface area is 138 Å². The zero-order chi connectivity index (χ0) is 17.0. The molecule has 1 aromatic heterocycles. The molecule has 3 N–H and O–H groups in total. The first-order valence-corrected chi connectivity index (χ1v) is 8.53. The van der Waals surface area contributed by atoms with E-state index in [9.17, 15) is 0 Å². The molecule has 0 aliphatic heterocycles. The van der Waals surface area contributed by atoms with Gasteiger partial charge in [0, 0.05) is 16.5 Å². The lowest BCUT2D eigenvalue weighted by Crippen LogP contribution is -1.94. The van der Waals surface area contributed by atoms with E-state index in [-0.39, 0.29) is 0 Å². The number of nitrogens with zero attached hydrogens (tertiary/aromatic N) is 1. The van der Waals surface area contributed by atoms with Gasteiger partial charge in [0.2, 0.25) is 0 Å². The Kier molecular flexibility index (Phi) is 10.7. The molecule has 4 heteroatoms. The lowest BCUT2D eigenvalue weighted by atomic mass is 10.0. The first-order valence-electron chi connectivity index (χ1n) is 7.65. The molecule has 1 aromatic carbocycles. The summed E-state index contributed by atoms with van der Waals surface area (Å²) in [6.07, 6.45) is 4.88. The normalized spacial score (nSPS) is 9.50. The summed E-state index contributed by atoms with van der Waals surface area (Å²) in [6, 6.07) is 7.78. The fourth-order valence-corrected chi connectivity index (χ4v) is 2.10. The van der Waals surface area contributed by atoms with Crippen molar-refractivity contribution in [1.82, 2.24) is 4.98 Å². The zero-order valence-electron chi connectivity index (χ0n) is 14.2. The van der Waals surface area contributed by atoms with Gasteiger partial charge in [0.1, 0.15) is 0 Å². The first kappa shape index (κ1) is 20.1. The van der Waals surface area contributed by atoms with E-state index in [0.717, 1.165) is 16.8 Å². The van der Waals surface area contributed by atoms with E-state index in [1.54, 1.807) is 6.08 Å². The molecular formula is C18H27N3S. The van der Waals surface area contributed by atoms with Crippen LogP contribution in [-0.2, 0) is 0 Å². The number of aromatic nitrogens is 1. The van der Waals surface area contributed by atoms with Gasteiger partial charge in [-0.3, -0.25) is 0 Å². The van der Waals surface area contributed by atoms with Crippen molar-refractivity contribution >= 4 is 22.2 Å². The van der Waals surface area contributed by atoms with Crippen molar-refractivity contribution in [1.29, 1.82) is 5.41 Å². The maximum atomic E-state index is 7.86. The maximum absolute atomic E-state index is 7.86. The SMILES string of the molecule is C/C=C\C(=N)c1cccc(-c2csc(N)n2)c1.CC.CCC. The van der Waals surface area contributed by atoms with E-state index in [0.29, 0.717) is 10.8 Å².